The molecule has 100 valence electrons. The molecule has 0 bridgehead atoms. The third kappa shape index (κ3) is 3.32. The van der Waals surface area contributed by atoms with Gasteiger partial charge in [0.25, 0.3) is 0 Å². The number of aromatic nitrogens is 1. The number of hydrogen-bond acceptors (Lipinski definition) is 3. The first kappa shape index (κ1) is 13.6. The van der Waals surface area contributed by atoms with E-state index in [1.807, 2.05) is 12.4 Å². The Morgan fingerprint density at radius 3 is 2.84 bits per heavy atom. The highest BCUT2D eigenvalue weighted by molar-refractivity contribution is 5.65. The van der Waals surface area contributed by atoms with Gasteiger partial charge in [-0.1, -0.05) is 19.1 Å². The predicted octanol–water partition coefficient (Wildman–Crippen LogP) is 3.27. The second-order valence-electron chi connectivity index (χ2n) is 4.68. The minimum absolute atomic E-state index is 0.843. The first-order valence-electron chi connectivity index (χ1n) is 6.66. The van der Waals surface area contributed by atoms with E-state index in [4.69, 9.17) is 0 Å². The Morgan fingerprint density at radius 1 is 1.26 bits per heavy atom. The van der Waals surface area contributed by atoms with Gasteiger partial charge in [-0.25, -0.2) is 0 Å². The lowest BCUT2D eigenvalue weighted by molar-refractivity contribution is 0.724. The lowest BCUT2D eigenvalue weighted by atomic mass is 10.1. The van der Waals surface area contributed by atoms with Crippen LogP contribution in [0.5, 0.6) is 0 Å². The molecule has 0 saturated heterocycles. The summed E-state index contributed by atoms with van der Waals surface area (Å²) in [6.07, 6.45) is 3.78. The summed E-state index contributed by atoms with van der Waals surface area (Å²) in [7, 11) is 2.10. The summed E-state index contributed by atoms with van der Waals surface area (Å²) in [5.41, 5.74) is 4.88. The first-order valence-corrected chi connectivity index (χ1v) is 6.66. The van der Waals surface area contributed by atoms with Crippen LogP contribution < -0.4 is 10.2 Å². The van der Waals surface area contributed by atoms with Crippen molar-refractivity contribution >= 4 is 11.4 Å². The summed E-state index contributed by atoms with van der Waals surface area (Å²) in [6, 6.07) is 10.6. The second-order valence-corrected chi connectivity index (χ2v) is 4.68. The number of pyridine rings is 1. The molecule has 1 aromatic heterocycles. The monoisotopic (exact) mass is 255 g/mol. The average molecular weight is 255 g/mol. The van der Waals surface area contributed by atoms with Crippen LogP contribution in [-0.2, 0) is 6.54 Å². The Kier molecular flexibility index (Phi) is 4.53. The maximum absolute atomic E-state index is 4.23. The van der Waals surface area contributed by atoms with Crippen LogP contribution in [-0.4, -0.2) is 18.6 Å². The molecule has 1 heterocycles. The van der Waals surface area contributed by atoms with Crippen molar-refractivity contribution in [3.05, 3.63) is 53.9 Å². The normalized spacial score (nSPS) is 10.5. The molecule has 0 aliphatic carbocycles. The molecule has 2 aromatic rings. The van der Waals surface area contributed by atoms with Crippen LogP contribution in [0.25, 0.3) is 0 Å². The summed E-state index contributed by atoms with van der Waals surface area (Å²) in [5, 5.41) is 3.36. The largest absolute Gasteiger partial charge is 0.344 e. The molecule has 2 rings (SSSR count). The van der Waals surface area contributed by atoms with Crippen LogP contribution in [0.15, 0.2) is 42.7 Å². The molecule has 0 radical (unpaired) electrons. The smallest absolute Gasteiger partial charge is 0.0484 e. The zero-order valence-corrected chi connectivity index (χ0v) is 11.9. The third-order valence-corrected chi connectivity index (χ3v) is 3.19. The van der Waals surface area contributed by atoms with Crippen molar-refractivity contribution in [2.24, 2.45) is 0 Å². The van der Waals surface area contributed by atoms with Crippen molar-refractivity contribution in [2.45, 2.75) is 20.4 Å². The minimum atomic E-state index is 0.843. The average Bonchev–Trinajstić information content (AvgIpc) is 2.44. The first-order chi connectivity index (χ1) is 9.22. The Bertz CT molecular complexity index is 537. The zero-order valence-electron chi connectivity index (χ0n) is 11.9. The quantitative estimate of drug-likeness (QED) is 0.888. The van der Waals surface area contributed by atoms with E-state index in [0.29, 0.717) is 0 Å². The van der Waals surface area contributed by atoms with E-state index in [0.717, 1.165) is 13.1 Å². The lowest BCUT2D eigenvalue weighted by Crippen LogP contribution is -2.17. The van der Waals surface area contributed by atoms with Crippen LogP contribution >= 0.6 is 0 Å². The standard InChI is InChI=1S/C16H21N3/c1-4-17-11-14-12-18-9-8-16(14)19(3)15-7-5-6-13(2)10-15/h5-10,12,17H,4,11H2,1-3H3. The fourth-order valence-electron chi connectivity index (χ4n) is 2.12. The van der Waals surface area contributed by atoms with E-state index in [9.17, 15) is 0 Å². The molecule has 0 atom stereocenters. The molecule has 0 fully saturated rings. The number of benzene rings is 1. The lowest BCUT2D eigenvalue weighted by Gasteiger charge is -2.22. The molecule has 0 saturated carbocycles. The van der Waals surface area contributed by atoms with E-state index in [1.165, 1.54) is 22.5 Å². The van der Waals surface area contributed by atoms with E-state index in [1.54, 1.807) is 0 Å². The van der Waals surface area contributed by atoms with Gasteiger partial charge in [0.1, 0.15) is 0 Å². The van der Waals surface area contributed by atoms with Crippen LogP contribution in [0.3, 0.4) is 0 Å². The van der Waals surface area contributed by atoms with Crippen molar-refractivity contribution in [1.82, 2.24) is 10.3 Å². The number of nitrogens with zero attached hydrogens (tertiary/aromatic N) is 2. The number of aryl methyl sites for hydroxylation is 1. The highest BCUT2D eigenvalue weighted by Gasteiger charge is 2.09. The summed E-state index contributed by atoms with van der Waals surface area (Å²) < 4.78 is 0. The van der Waals surface area contributed by atoms with Gasteiger partial charge in [0.15, 0.2) is 0 Å². The Labute approximate surface area is 115 Å². The number of rotatable bonds is 5. The molecule has 3 heteroatoms. The SMILES string of the molecule is CCNCc1cnccc1N(C)c1cccc(C)c1. The number of hydrogen-bond donors (Lipinski definition) is 1. The van der Waals surface area contributed by atoms with E-state index in [-0.39, 0.29) is 0 Å². The molecule has 1 N–H and O–H groups in total. The Balaban J connectivity index is 2.30. The van der Waals surface area contributed by atoms with E-state index >= 15 is 0 Å². The highest BCUT2D eigenvalue weighted by Crippen LogP contribution is 2.26. The van der Waals surface area contributed by atoms with Gasteiger partial charge in [-0.05, 0) is 37.2 Å². The van der Waals surface area contributed by atoms with E-state index < -0.39 is 0 Å². The van der Waals surface area contributed by atoms with Gasteiger partial charge in [0.05, 0.1) is 0 Å². The summed E-state index contributed by atoms with van der Waals surface area (Å²) in [4.78, 5) is 6.43. The predicted molar refractivity (Wildman–Crippen MR) is 80.9 cm³/mol. The summed E-state index contributed by atoms with van der Waals surface area (Å²) in [6.45, 7) is 6.03. The molecule has 3 nitrogen and oxygen atoms in total. The topological polar surface area (TPSA) is 28.2 Å². The second kappa shape index (κ2) is 6.34. The maximum Gasteiger partial charge on any atom is 0.0484 e. The van der Waals surface area contributed by atoms with Gasteiger partial charge in [-0.15, -0.1) is 0 Å². The molecular formula is C16H21N3. The van der Waals surface area contributed by atoms with Crippen LogP contribution in [0.2, 0.25) is 0 Å². The van der Waals surface area contributed by atoms with Crippen molar-refractivity contribution in [3.8, 4) is 0 Å². The van der Waals surface area contributed by atoms with E-state index in [2.05, 4.69) is 66.4 Å². The van der Waals surface area contributed by atoms with Crippen LogP contribution in [0.4, 0.5) is 11.4 Å². The number of anilines is 2. The number of nitrogens with one attached hydrogen (secondary N) is 1. The van der Waals surface area contributed by atoms with Gasteiger partial charge in [-0.3, -0.25) is 4.98 Å². The molecule has 19 heavy (non-hydrogen) atoms. The van der Waals surface area contributed by atoms with Gasteiger partial charge in [0, 0.05) is 42.9 Å². The summed E-state index contributed by atoms with van der Waals surface area (Å²) >= 11 is 0. The zero-order chi connectivity index (χ0) is 13.7. The van der Waals surface area contributed by atoms with Crippen molar-refractivity contribution in [3.63, 3.8) is 0 Å². The molecule has 0 unspecified atom stereocenters. The molecular weight excluding hydrogens is 234 g/mol. The summed E-state index contributed by atoms with van der Waals surface area (Å²) in [5.74, 6) is 0. The molecule has 0 aliphatic heterocycles. The van der Waals surface area contributed by atoms with Crippen molar-refractivity contribution in [1.29, 1.82) is 0 Å². The third-order valence-electron chi connectivity index (χ3n) is 3.19. The Morgan fingerprint density at radius 2 is 2.11 bits per heavy atom. The molecule has 0 amide bonds. The van der Waals surface area contributed by atoms with Gasteiger partial charge in [0.2, 0.25) is 0 Å². The van der Waals surface area contributed by atoms with Crippen LogP contribution in [0, 0.1) is 6.92 Å². The van der Waals surface area contributed by atoms with Crippen LogP contribution in [0.1, 0.15) is 18.1 Å². The fraction of sp³-hybridized carbons (Fsp3) is 0.312. The fourth-order valence-corrected chi connectivity index (χ4v) is 2.12. The van der Waals surface area contributed by atoms with Crippen molar-refractivity contribution < 1.29 is 0 Å². The molecule has 0 spiro atoms. The highest BCUT2D eigenvalue weighted by atomic mass is 15.1. The van der Waals surface area contributed by atoms with Crippen molar-refractivity contribution in [2.75, 3.05) is 18.5 Å². The van der Waals surface area contributed by atoms with Gasteiger partial charge in [-0.2, -0.15) is 0 Å². The molecule has 1 aromatic carbocycles. The van der Waals surface area contributed by atoms with Gasteiger partial charge < -0.3 is 10.2 Å². The minimum Gasteiger partial charge on any atom is -0.344 e. The Hall–Kier alpha value is -1.87. The van der Waals surface area contributed by atoms with Gasteiger partial charge >= 0.3 is 0 Å². The molecule has 0 aliphatic rings. The maximum atomic E-state index is 4.23.